The fourth-order valence-electron chi connectivity index (χ4n) is 1.94. The van der Waals surface area contributed by atoms with E-state index in [-0.39, 0.29) is 6.61 Å². The molecule has 0 amide bonds. The minimum absolute atomic E-state index is 0.180. The van der Waals surface area contributed by atoms with Crippen molar-refractivity contribution in [3.05, 3.63) is 34.7 Å². The van der Waals surface area contributed by atoms with Crippen molar-refractivity contribution in [1.29, 1.82) is 0 Å². The number of rotatable bonds is 3. The van der Waals surface area contributed by atoms with Gasteiger partial charge in [-0.25, -0.2) is 0 Å². The van der Waals surface area contributed by atoms with Gasteiger partial charge < -0.3 is 20.1 Å². The van der Waals surface area contributed by atoms with Crippen LogP contribution in [0.3, 0.4) is 0 Å². The molecule has 0 aromatic heterocycles. The van der Waals surface area contributed by atoms with Crippen molar-refractivity contribution in [1.82, 2.24) is 0 Å². The van der Waals surface area contributed by atoms with Crippen LogP contribution in [-0.2, 0) is 4.74 Å². The number of nitroso groups, excluding NO2 is 1. The second-order valence-corrected chi connectivity index (χ2v) is 4.53. The van der Waals surface area contributed by atoms with Crippen LogP contribution in [0.15, 0.2) is 29.6 Å². The maximum Gasteiger partial charge on any atom is 0.182 e. The van der Waals surface area contributed by atoms with Gasteiger partial charge in [0.1, 0.15) is 18.3 Å². The number of ether oxygens (including phenoxy) is 1. The topological polar surface area (TPSA) is 103 Å². The summed E-state index contributed by atoms with van der Waals surface area (Å²) in [6, 6.07) is 6.89. The molecule has 4 atom stereocenters. The summed E-state index contributed by atoms with van der Waals surface area (Å²) in [7, 11) is 0. The largest absolute Gasteiger partial charge is 0.388 e. The molecule has 1 fully saturated rings. The van der Waals surface area contributed by atoms with Gasteiger partial charge in [-0.1, -0.05) is 17.7 Å². The number of aliphatic hydroxyl groups excluding tert-OH is 3. The third kappa shape index (κ3) is 2.74. The fraction of sp³-hybridized carbons (Fsp3) is 0.500. The predicted octanol–water partition coefficient (Wildman–Crippen LogP) is -0.0782. The average Bonchev–Trinajstić information content (AvgIpc) is 2.41. The molecule has 7 nitrogen and oxygen atoms in total. The Labute approximate surface area is 110 Å². The van der Waals surface area contributed by atoms with Gasteiger partial charge in [0.2, 0.25) is 0 Å². The van der Waals surface area contributed by atoms with E-state index < -0.39 is 24.5 Å². The van der Waals surface area contributed by atoms with E-state index >= 15 is 0 Å². The lowest BCUT2D eigenvalue weighted by atomic mass is 10.0. The molecule has 1 heterocycles. The molecule has 0 saturated carbocycles. The lowest BCUT2D eigenvalue weighted by molar-refractivity contribution is -0.186. The molecule has 0 radical (unpaired) electrons. The van der Waals surface area contributed by atoms with E-state index in [2.05, 4.69) is 5.29 Å². The van der Waals surface area contributed by atoms with E-state index in [1.165, 1.54) is 0 Å². The van der Waals surface area contributed by atoms with Gasteiger partial charge in [-0.05, 0) is 19.1 Å². The molecule has 1 saturated heterocycles. The van der Waals surface area contributed by atoms with Gasteiger partial charge in [0.05, 0.1) is 17.6 Å². The van der Waals surface area contributed by atoms with Crippen molar-refractivity contribution in [2.24, 2.45) is 5.29 Å². The molecule has 1 unspecified atom stereocenters. The zero-order valence-corrected chi connectivity index (χ0v) is 10.4. The molecule has 3 N–H and O–H groups in total. The smallest absolute Gasteiger partial charge is 0.182 e. The summed E-state index contributed by atoms with van der Waals surface area (Å²) in [5.41, 5.74) is 1.45. The highest BCUT2D eigenvalue weighted by Gasteiger charge is 2.41. The van der Waals surface area contributed by atoms with E-state index in [4.69, 9.17) is 4.74 Å². The summed E-state index contributed by atoms with van der Waals surface area (Å²) in [5.74, 6) is 0. The van der Waals surface area contributed by atoms with Gasteiger partial charge in [0.15, 0.2) is 6.23 Å². The van der Waals surface area contributed by atoms with E-state index in [1.54, 1.807) is 24.3 Å². The van der Waals surface area contributed by atoms with Crippen LogP contribution in [0.2, 0.25) is 0 Å². The first kappa shape index (κ1) is 13.9. The Morgan fingerprint density at radius 1 is 1.21 bits per heavy atom. The highest BCUT2D eigenvalue weighted by atomic mass is 16.5. The van der Waals surface area contributed by atoms with E-state index in [1.807, 2.05) is 6.92 Å². The zero-order valence-electron chi connectivity index (χ0n) is 10.4. The molecule has 2 rings (SSSR count). The molecule has 104 valence electrons. The Morgan fingerprint density at radius 2 is 1.84 bits per heavy atom. The third-order valence-corrected chi connectivity index (χ3v) is 3.10. The van der Waals surface area contributed by atoms with Crippen molar-refractivity contribution in [3.63, 3.8) is 0 Å². The van der Waals surface area contributed by atoms with Crippen LogP contribution in [-0.4, -0.2) is 46.5 Å². The number of hydrogen-bond donors (Lipinski definition) is 3. The molecule has 1 aromatic rings. The van der Waals surface area contributed by atoms with Gasteiger partial charge in [-0.15, -0.1) is 4.91 Å². The van der Waals surface area contributed by atoms with E-state index in [0.717, 1.165) is 10.6 Å². The lowest BCUT2D eigenvalue weighted by Crippen LogP contribution is -2.58. The lowest BCUT2D eigenvalue weighted by Gasteiger charge is -2.38. The monoisotopic (exact) mass is 268 g/mol. The molecular formula is C12H16N2O5. The molecule has 1 aromatic carbocycles. The molecule has 0 bridgehead atoms. The normalized spacial score (nSPS) is 30.9. The first-order chi connectivity index (χ1) is 9.04. The highest BCUT2D eigenvalue weighted by Crippen LogP contribution is 2.25. The van der Waals surface area contributed by atoms with Crippen molar-refractivity contribution in [2.45, 2.75) is 31.5 Å². The number of benzene rings is 1. The van der Waals surface area contributed by atoms with Crippen molar-refractivity contribution >= 4 is 5.69 Å². The minimum atomic E-state index is -1.43. The summed E-state index contributed by atoms with van der Waals surface area (Å²) < 4.78 is 5.18. The fourth-order valence-corrected chi connectivity index (χ4v) is 1.94. The molecular weight excluding hydrogens is 252 g/mol. The Balaban J connectivity index is 2.22. The second kappa shape index (κ2) is 5.62. The summed E-state index contributed by atoms with van der Waals surface area (Å²) in [6.07, 6.45) is -5.12. The Hall–Kier alpha value is -1.54. The van der Waals surface area contributed by atoms with Crippen LogP contribution in [0, 0.1) is 11.8 Å². The molecule has 7 heteroatoms. The van der Waals surface area contributed by atoms with Gasteiger partial charge in [-0.2, -0.15) is 5.01 Å². The molecule has 0 spiro atoms. The van der Waals surface area contributed by atoms with Crippen LogP contribution < -0.4 is 5.01 Å². The Bertz CT molecular complexity index is 438. The number of hydrogen-bond acceptors (Lipinski definition) is 6. The van der Waals surface area contributed by atoms with E-state index in [0.29, 0.717) is 5.69 Å². The van der Waals surface area contributed by atoms with Crippen LogP contribution in [0.5, 0.6) is 0 Å². The van der Waals surface area contributed by atoms with Gasteiger partial charge in [-0.3, -0.25) is 0 Å². The summed E-state index contributed by atoms with van der Waals surface area (Å²) >= 11 is 0. The quantitative estimate of drug-likeness (QED) is 0.523. The predicted molar refractivity (Wildman–Crippen MR) is 67.2 cm³/mol. The third-order valence-electron chi connectivity index (χ3n) is 3.10. The molecule has 0 aliphatic carbocycles. The van der Waals surface area contributed by atoms with Crippen LogP contribution in [0.25, 0.3) is 0 Å². The summed E-state index contributed by atoms with van der Waals surface area (Å²) in [4.78, 5) is 11.0. The van der Waals surface area contributed by atoms with Crippen molar-refractivity contribution in [2.75, 3.05) is 11.6 Å². The number of anilines is 1. The van der Waals surface area contributed by atoms with E-state index in [9.17, 15) is 20.2 Å². The molecule has 1 aliphatic rings. The summed E-state index contributed by atoms with van der Waals surface area (Å²) in [5, 5.41) is 32.6. The SMILES string of the molecule is Cc1ccc(N(N=O)C2OC[C@@H](O)[C@H](O)[C@H]2O)cc1. The first-order valence-electron chi connectivity index (χ1n) is 5.89. The van der Waals surface area contributed by atoms with Gasteiger partial charge >= 0.3 is 0 Å². The van der Waals surface area contributed by atoms with Crippen LogP contribution in [0.1, 0.15) is 5.56 Å². The van der Waals surface area contributed by atoms with Crippen molar-refractivity contribution < 1.29 is 20.1 Å². The Kier molecular flexibility index (Phi) is 4.11. The number of aliphatic hydroxyl groups is 3. The summed E-state index contributed by atoms with van der Waals surface area (Å²) in [6.45, 7) is 1.72. The highest BCUT2D eigenvalue weighted by molar-refractivity contribution is 5.47. The van der Waals surface area contributed by atoms with Crippen LogP contribution >= 0.6 is 0 Å². The first-order valence-corrected chi connectivity index (χ1v) is 5.89. The van der Waals surface area contributed by atoms with Gasteiger partial charge in [0.25, 0.3) is 0 Å². The maximum atomic E-state index is 11.0. The van der Waals surface area contributed by atoms with Crippen molar-refractivity contribution in [3.8, 4) is 0 Å². The Morgan fingerprint density at radius 3 is 2.42 bits per heavy atom. The average molecular weight is 268 g/mol. The van der Waals surface area contributed by atoms with Crippen LogP contribution in [0.4, 0.5) is 5.69 Å². The number of aryl methyl sites for hydroxylation is 1. The molecule has 1 aliphatic heterocycles. The standard InChI is InChI=1S/C12H16N2O5/c1-7-2-4-8(5-3-7)14(13-18)12-11(17)10(16)9(15)6-19-12/h2-5,9-12,15-17H,6H2,1H3/t9-,10+,11-,12?/m1/s1. The number of nitrogens with zero attached hydrogens (tertiary/aromatic N) is 2. The zero-order chi connectivity index (χ0) is 14.0. The maximum absolute atomic E-state index is 11.0. The second-order valence-electron chi connectivity index (χ2n) is 4.53. The van der Waals surface area contributed by atoms with Gasteiger partial charge in [0, 0.05) is 0 Å². The molecule has 19 heavy (non-hydrogen) atoms. The minimum Gasteiger partial charge on any atom is -0.388 e.